The van der Waals surface area contributed by atoms with Crippen molar-refractivity contribution in [1.82, 2.24) is 0 Å². The molecule has 0 aromatic heterocycles. The zero-order valence-electron chi connectivity index (χ0n) is 19.1. The normalized spacial score (nSPS) is 14.4. The number of nitriles is 1. The van der Waals surface area contributed by atoms with Crippen LogP contribution in [0.4, 0.5) is 4.39 Å². The molecule has 5 rings (SSSR count). The zero-order chi connectivity index (χ0) is 25.0. The van der Waals surface area contributed by atoms with Crippen LogP contribution in [-0.4, -0.2) is 16.2 Å². The molecule has 6 heteroatoms. The van der Waals surface area contributed by atoms with Crippen molar-refractivity contribution in [1.29, 1.82) is 5.26 Å². The highest BCUT2D eigenvalue weighted by molar-refractivity contribution is 8.22. The van der Waals surface area contributed by atoms with Gasteiger partial charge < -0.3 is 0 Å². The molecule has 1 aliphatic heterocycles. The Morgan fingerprint density at radius 3 is 1.69 bits per heavy atom. The predicted octanol–water partition coefficient (Wildman–Crippen LogP) is 5.53. The summed E-state index contributed by atoms with van der Waals surface area (Å²) in [5.74, 6) is -0.748. The minimum Gasteiger partial charge on any atom is -0.266 e. The summed E-state index contributed by atoms with van der Waals surface area (Å²) in [6, 6.07) is 38.4. The van der Waals surface area contributed by atoms with Crippen molar-refractivity contribution in [2.24, 2.45) is 4.99 Å². The van der Waals surface area contributed by atoms with Crippen LogP contribution in [0.5, 0.6) is 0 Å². The maximum Gasteiger partial charge on any atom is 0.284 e. The zero-order valence-corrected chi connectivity index (χ0v) is 20.8. The van der Waals surface area contributed by atoms with E-state index in [0.717, 1.165) is 15.9 Å². The van der Waals surface area contributed by atoms with Crippen LogP contribution in [0.25, 0.3) is 6.08 Å². The number of rotatable bonds is 5. The number of carbonyl (C=O) groups excluding carboxylic acids is 1. The van der Waals surface area contributed by atoms with Crippen molar-refractivity contribution >= 4 is 56.9 Å². The second-order valence-electron chi connectivity index (χ2n) is 8.02. The van der Waals surface area contributed by atoms with Crippen LogP contribution < -0.4 is 15.9 Å². The van der Waals surface area contributed by atoms with Gasteiger partial charge in [0, 0.05) is 0 Å². The molecule has 3 nitrogen and oxygen atoms in total. The molecule has 0 bridgehead atoms. The third-order valence-electron chi connectivity index (χ3n) is 5.86. The van der Waals surface area contributed by atoms with Crippen LogP contribution in [0.2, 0.25) is 0 Å². The van der Waals surface area contributed by atoms with Gasteiger partial charge in [0.25, 0.3) is 5.91 Å². The lowest BCUT2D eigenvalue weighted by Crippen LogP contribution is -2.32. The molecule has 0 saturated carbocycles. The van der Waals surface area contributed by atoms with E-state index in [-0.39, 0.29) is 5.82 Å². The number of hydrogen-bond donors (Lipinski definition) is 0. The monoisotopic (exact) mass is 506 g/mol. The number of aliphatic imine (C=N–C) groups is 1. The predicted molar refractivity (Wildman–Crippen MR) is 150 cm³/mol. The molecule has 0 spiro atoms. The van der Waals surface area contributed by atoms with Crippen molar-refractivity contribution in [3.05, 3.63) is 132 Å². The number of amides is 1. The second-order valence-corrected chi connectivity index (χ2v) is 12.4. The van der Waals surface area contributed by atoms with Gasteiger partial charge in [-0.2, -0.15) is 5.26 Å². The number of benzene rings is 4. The summed E-state index contributed by atoms with van der Waals surface area (Å²) in [4.78, 5) is 17.7. The molecule has 1 aliphatic rings. The average molecular weight is 507 g/mol. The summed E-state index contributed by atoms with van der Waals surface area (Å²) in [5.41, 5.74) is 0.692. The van der Waals surface area contributed by atoms with E-state index in [1.54, 1.807) is 18.2 Å². The molecule has 0 unspecified atom stereocenters. The SMILES string of the molecule is N#CC(C1=NC(=O)C(=Cc2ccc(F)cc2)S1)=P(c1ccccc1)(c1ccccc1)c1ccccc1. The number of hydrogen-bond acceptors (Lipinski definition) is 3. The summed E-state index contributed by atoms with van der Waals surface area (Å²) in [7, 11) is 0. The number of thioether (sulfide) groups is 1. The van der Waals surface area contributed by atoms with Crippen LogP contribution in [0.15, 0.2) is 125 Å². The Hall–Kier alpha value is -3.97. The van der Waals surface area contributed by atoms with Gasteiger partial charge in [0.1, 0.15) is 16.9 Å². The highest BCUT2D eigenvalue weighted by atomic mass is 32.2. The Balaban J connectivity index is 1.79. The molecule has 174 valence electrons. The Morgan fingerprint density at radius 2 is 1.25 bits per heavy atom. The fourth-order valence-electron chi connectivity index (χ4n) is 4.28. The van der Waals surface area contributed by atoms with Gasteiger partial charge in [0.15, 0.2) is 0 Å². The van der Waals surface area contributed by atoms with E-state index in [0.29, 0.717) is 20.8 Å². The van der Waals surface area contributed by atoms with Gasteiger partial charge in [-0.1, -0.05) is 115 Å². The number of halogens is 1. The summed E-state index contributed by atoms with van der Waals surface area (Å²) in [6.07, 6.45) is 1.69. The van der Waals surface area contributed by atoms with E-state index in [4.69, 9.17) is 0 Å². The van der Waals surface area contributed by atoms with Gasteiger partial charge in [0.2, 0.25) is 0 Å². The molecule has 0 aliphatic carbocycles. The lowest BCUT2D eigenvalue weighted by Gasteiger charge is -2.30. The molecular formula is C30H20FN2OPS. The molecule has 4 aromatic carbocycles. The third kappa shape index (κ3) is 4.38. The van der Waals surface area contributed by atoms with Gasteiger partial charge in [0.05, 0.1) is 10.2 Å². The van der Waals surface area contributed by atoms with Gasteiger partial charge in [-0.25, -0.2) is 9.38 Å². The highest BCUT2D eigenvalue weighted by Crippen LogP contribution is 2.48. The van der Waals surface area contributed by atoms with Crippen LogP contribution in [0.1, 0.15) is 5.56 Å². The summed E-state index contributed by atoms with van der Waals surface area (Å²) in [6.45, 7) is -2.68. The van der Waals surface area contributed by atoms with Crippen LogP contribution in [-0.2, 0) is 4.79 Å². The van der Waals surface area contributed by atoms with Crippen LogP contribution >= 0.6 is 18.6 Å². The molecule has 1 amide bonds. The average Bonchev–Trinajstić information content (AvgIpc) is 3.29. The molecule has 0 N–H and O–H groups in total. The van der Waals surface area contributed by atoms with Gasteiger partial charge in [-0.15, -0.1) is 0 Å². The Bertz CT molecular complexity index is 1470. The standard InChI is InChI=1S/C30H20FN2OPS/c31-23-18-16-22(17-19-23)20-28-29(34)33-30(36-28)27(21-32)35(24-10-4-1-5-11-24,25-12-6-2-7-13-25)26-14-8-3-9-15-26/h1-20H. The fourth-order valence-corrected chi connectivity index (χ4v) is 9.65. The maximum absolute atomic E-state index is 13.4. The van der Waals surface area contributed by atoms with Crippen LogP contribution in [0.3, 0.4) is 0 Å². The Kier molecular flexibility index (Phi) is 6.82. The number of carbonyl (C=O) groups is 1. The van der Waals surface area contributed by atoms with Crippen molar-refractivity contribution in [2.45, 2.75) is 0 Å². The number of nitrogens with zero attached hydrogens (tertiary/aromatic N) is 2. The molecule has 0 radical (unpaired) electrons. The van der Waals surface area contributed by atoms with Crippen molar-refractivity contribution in [2.75, 3.05) is 0 Å². The van der Waals surface area contributed by atoms with E-state index >= 15 is 0 Å². The van der Waals surface area contributed by atoms with Crippen molar-refractivity contribution in [3.8, 4) is 6.07 Å². The first kappa shape index (κ1) is 23.8. The molecular weight excluding hydrogens is 486 g/mol. The molecule has 0 atom stereocenters. The van der Waals surface area contributed by atoms with E-state index in [1.165, 1.54) is 23.9 Å². The minimum atomic E-state index is -2.68. The van der Waals surface area contributed by atoms with Crippen molar-refractivity contribution < 1.29 is 9.18 Å². The Labute approximate surface area is 213 Å². The minimum absolute atomic E-state index is 0.345. The molecule has 1 heterocycles. The molecule has 4 aromatic rings. The van der Waals surface area contributed by atoms with E-state index < -0.39 is 12.8 Å². The van der Waals surface area contributed by atoms with E-state index in [1.807, 2.05) is 91.0 Å². The second kappa shape index (κ2) is 10.3. The first-order valence-electron chi connectivity index (χ1n) is 11.2. The summed E-state index contributed by atoms with van der Waals surface area (Å²) >= 11 is 1.20. The molecule has 36 heavy (non-hydrogen) atoms. The summed E-state index contributed by atoms with van der Waals surface area (Å²) < 4.78 is 13.4. The first-order chi connectivity index (χ1) is 17.6. The van der Waals surface area contributed by atoms with Gasteiger partial charge in [-0.3, -0.25) is 4.79 Å². The largest absolute Gasteiger partial charge is 0.284 e. The highest BCUT2D eigenvalue weighted by Gasteiger charge is 2.35. The smallest absolute Gasteiger partial charge is 0.266 e. The van der Waals surface area contributed by atoms with Gasteiger partial charge in [-0.05, 0) is 46.6 Å². The summed E-state index contributed by atoms with van der Waals surface area (Å²) in [5, 5.41) is 14.6. The lowest BCUT2D eigenvalue weighted by atomic mass is 10.2. The van der Waals surface area contributed by atoms with Gasteiger partial charge >= 0.3 is 0 Å². The first-order valence-corrected chi connectivity index (χ1v) is 13.9. The van der Waals surface area contributed by atoms with Crippen molar-refractivity contribution in [3.63, 3.8) is 0 Å². The lowest BCUT2D eigenvalue weighted by molar-refractivity contribution is -0.113. The van der Waals surface area contributed by atoms with Crippen LogP contribution in [0, 0.1) is 17.1 Å². The maximum atomic E-state index is 13.4. The topological polar surface area (TPSA) is 53.2 Å². The molecule has 0 fully saturated rings. The third-order valence-corrected chi connectivity index (χ3v) is 11.2. The van der Waals surface area contributed by atoms with E-state index in [2.05, 4.69) is 11.1 Å². The fraction of sp³-hybridized carbons (Fsp3) is 0. The quantitative estimate of drug-likeness (QED) is 0.264. The Morgan fingerprint density at radius 1 is 0.778 bits per heavy atom. The van der Waals surface area contributed by atoms with E-state index in [9.17, 15) is 14.4 Å². The molecule has 0 saturated heterocycles.